The molecule has 2 heteroatoms. The zero-order chi connectivity index (χ0) is 7.40. The van der Waals surface area contributed by atoms with Crippen molar-refractivity contribution in [2.75, 3.05) is 6.54 Å². The van der Waals surface area contributed by atoms with Gasteiger partial charge in [-0.05, 0) is 19.4 Å². The number of hydrogen-bond acceptors (Lipinski definition) is 2. The third-order valence-corrected chi connectivity index (χ3v) is 1.83. The van der Waals surface area contributed by atoms with Crippen LogP contribution in [-0.2, 0) is 0 Å². The fraction of sp³-hybridized carbons (Fsp3) is 0.750. The molecule has 1 rings (SSSR count). The van der Waals surface area contributed by atoms with Crippen LogP contribution in [0.5, 0.6) is 0 Å². The molecule has 0 unspecified atom stereocenters. The van der Waals surface area contributed by atoms with Crippen molar-refractivity contribution in [1.29, 1.82) is 0 Å². The van der Waals surface area contributed by atoms with Crippen molar-refractivity contribution < 1.29 is 5.11 Å². The first kappa shape index (κ1) is 7.76. The summed E-state index contributed by atoms with van der Waals surface area (Å²) in [5.41, 5.74) is 0. The van der Waals surface area contributed by atoms with E-state index >= 15 is 0 Å². The highest BCUT2D eigenvalue weighted by Gasteiger charge is 2.16. The molecule has 58 valence electrons. The van der Waals surface area contributed by atoms with E-state index in [0.29, 0.717) is 0 Å². The molecule has 0 aromatic rings. The lowest BCUT2D eigenvalue weighted by molar-refractivity contribution is 0.133. The van der Waals surface area contributed by atoms with Crippen molar-refractivity contribution in [3.63, 3.8) is 0 Å². The van der Waals surface area contributed by atoms with Crippen LogP contribution < -0.4 is 5.32 Å². The van der Waals surface area contributed by atoms with Crippen LogP contribution in [-0.4, -0.2) is 23.8 Å². The normalized spacial score (nSPS) is 32.6. The number of likely N-dealkylation sites (N-methyl/N-ethyl adjacent to an activating group) is 1. The van der Waals surface area contributed by atoms with Gasteiger partial charge in [-0.25, -0.2) is 0 Å². The van der Waals surface area contributed by atoms with Crippen LogP contribution in [0.4, 0.5) is 0 Å². The molecule has 0 amide bonds. The second-order valence-corrected chi connectivity index (χ2v) is 2.66. The summed E-state index contributed by atoms with van der Waals surface area (Å²) >= 11 is 0. The second-order valence-electron chi connectivity index (χ2n) is 2.66. The Morgan fingerprint density at radius 3 is 3.10 bits per heavy atom. The van der Waals surface area contributed by atoms with Crippen molar-refractivity contribution in [2.45, 2.75) is 31.9 Å². The third-order valence-electron chi connectivity index (χ3n) is 1.83. The van der Waals surface area contributed by atoms with Crippen LogP contribution in [0.1, 0.15) is 19.8 Å². The summed E-state index contributed by atoms with van der Waals surface area (Å²) in [5.74, 6) is 0. The highest BCUT2D eigenvalue weighted by atomic mass is 16.3. The smallest absolute Gasteiger partial charge is 0.0731 e. The molecule has 2 atom stereocenters. The van der Waals surface area contributed by atoms with E-state index in [1.807, 2.05) is 0 Å². The predicted octanol–water partition coefficient (Wildman–Crippen LogP) is 0.675. The van der Waals surface area contributed by atoms with Gasteiger partial charge in [0, 0.05) is 0 Å². The lowest BCUT2D eigenvalue weighted by Gasteiger charge is -2.23. The number of allylic oxidation sites excluding steroid dienone is 1. The van der Waals surface area contributed by atoms with Crippen molar-refractivity contribution in [2.24, 2.45) is 0 Å². The number of aliphatic hydroxyl groups is 1. The minimum atomic E-state index is -0.176. The first-order valence-electron chi connectivity index (χ1n) is 3.92. The molecule has 0 aromatic heterocycles. The zero-order valence-electron chi connectivity index (χ0n) is 6.38. The minimum Gasteiger partial charge on any atom is -0.391 e. The molecule has 2 nitrogen and oxygen atoms in total. The maximum absolute atomic E-state index is 9.39. The average molecular weight is 141 g/mol. The average Bonchev–Trinajstić information content (AvgIpc) is 1.94. The molecule has 0 aliphatic heterocycles. The van der Waals surface area contributed by atoms with E-state index in [0.717, 1.165) is 19.4 Å². The Labute approximate surface area is 61.9 Å². The Morgan fingerprint density at radius 2 is 2.50 bits per heavy atom. The molecule has 0 bridgehead atoms. The van der Waals surface area contributed by atoms with E-state index in [1.165, 1.54) is 0 Å². The van der Waals surface area contributed by atoms with Gasteiger partial charge in [0.1, 0.15) is 0 Å². The first-order chi connectivity index (χ1) is 4.84. The zero-order valence-corrected chi connectivity index (χ0v) is 6.38. The molecule has 1 aliphatic rings. The second kappa shape index (κ2) is 3.74. The summed E-state index contributed by atoms with van der Waals surface area (Å²) in [4.78, 5) is 0. The van der Waals surface area contributed by atoms with E-state index < -0.39 is 0 Å². The van der Waals surface area contributed by atoms with E-state index in [4.69, 9.17) is 0 Å². The number of hydrogen-bond donors (Lipinski definition) is 2. The number of aliphatic hydroxyl groups excluding tert-OH is 1. The standard InChI is InChI=1S/C8H15NO/c1-2-9-7-5-3-4-6-8(7)10/h3,5,7-10H,2,4,6H2,1H3/t7-,8+/m1/s1. The van der Waals surface area contributed by atoms with Gasteiger partial charge in [0.2, 0.25) is 0 Å². The summed E-state index contributed by atoms with van der Waals surface area (Å²) in [7, 11) is 0. The lowest BCUT2D eigenvalue weighted by atomic mass is 10.00. The first-order valence-corrected chi connectivity index (χ1v) is 3.92. The molecular weight excluding hydrogens is 126 g/mol. The number of nitrogens with one attached hydrogen (secondary N) is 1. The molecule has 0 heterocycles. The van der Waals surface area contributed by atoms with Crippen LogP contribution in [0.3, 0.4) is 0 Å². The Hall–Kier alpha value is -0.340. The molecule has 0 aromatic carbocycles. The fourth-order valence-electron chi connectivity index (χ4n) is 1.26. The van der Waals surface area contributed by atoms with Crippen LogP contribution >= 0.6 is 0 Å². The van der Waals surface area contributed by atoms with Crippen LogP contribution in [0.2, 0.25) is 0 Å². The summed E-state index contributed by atoms with van der Waals surface area (Å²) in [6, 6.07) is 0.193. The molecule has 10 heavy (non-hydrogen) atoms. The number of rotatable bonds is 2. The van der Waals surface area contributed by atoms with Gasteiger partial charge in [0.15, 0.2) is 0 Å². The Bertz CT molecular complexity index is 122. The maximum atomic E-state index is 9.39. The summed E-state index contributed by atoms with van der Waals surface area (Å²) in [6.45, 7) is 2.97. The van der Waals surface area contributed by atoms with Gasteiger partial charge >= 0.3 is 0 Å². The minimum absolute atomic E-state index is 0.176. The molecular formula is C8H15NO. The van der Waals surface area contributed by atoms with E-state index in [1.54, 1.807) is 0 Å². The largest absolute Gasteiger partial charge is 0.391 e. The van der Waals surface area contributed by atoms with Crippen molar-refractivity contribution in [3.8, 4) is 0 Å². The molecule has 0 saturated carbocycles. The molecule has 0 fully saturated rings. The highest BCUT2D eigenvalue weighted by Crippen LogP contribution is 2.10. The van der Waals surface area contributed by atoms with Crippen molar-refractivity contribution in [3.05, 3.63) is 12.2 Å². The van der Waals surface area contributed by atoms with E-state index in [9.17, 15) is 5.11 Å². The SMILES string of the molecule is CCN[C@@H]1C=CCC[C@@H]1O. The monoisotopic (exact) mass is 141 g/mol. The van der Waals surface area contributed by atoms with Crippen LogP contribution in [0.15, 0.2) is 12.2 Å². The topological polar surface area (TPSA) is 32.3 Å². The lowest BCUT2D eigenvalue weighted by Crippen LogP contribution is -2.39. The summed E-state index contributed by atoms with van der Waals surface area (Å²) in [6.07, 6.45) is 5.92. The van der Waals surface area contributed by atoms with Crippen molar-refractivity contribution in [1.82, 2.24) is 5.32 Å². The van der Waals surface area contributed by atoms with E-state index in [-0.39, 0.29) is 12.1 Å². The Morgan fingerprint density at radius 1 is 1.70 bits per heavy atom. The molecule has 0 spiro atoms. The fourth-order valence-corrected chi connectivity index (χ4v) is 1.26. The van der Waals surface area contributed by atoms with Crippen LogP contribution in [0, 0.1) is 0 Å². The van der Waals surface area contributed by atoms with Gasteiger partial charge < -0.3 is 10.4 Å². The van der Waals surface area contributed by atoms with Gasteiger partial charge in [-0.3, -0.25) is 0 Å². The third kappa shape index (κ3) is 1.82. The van der Waals surface area contributed by atoms with E-state index in [2.05, 4.69) is 24.4 Å². The molecule has 0 radical (unpaired) electrons. The van der Waals surface area contributed by atoms with Gasteiger partial charge in [-0.2, -0.15) is 0 Å². The summed E-state index contributed by atoms with van der Waals surface area (Å²) < 4.78 is 0. The Kier molecular flexibility index (Phi) is 2.90. The quantitative estimate of drug-likeness (QED) is 0.554. The van der Waals surface area contributed by atoms with Gasteiger partial charge in [0.05, 0.1) is 12.1 Å². The predicted molar refractivity (Wildman–Crippen MR) is 41.8 cm³/mol. The van der Waals surface area contributed by atoms with Gasteiger partial charge in [0.25, 0.3) is 0 Å². The van der Waals surface area contributed by atoms with Gasteiger partial charge in [-0.15, -0.1) is 0 Å². The van der Waals surface area contributed by atoms with Crippen LogP contribution in [0.25, 0.3) is 0 Å². The highest BCUT2D eigenvalue weighted by molar-refractivity contribution is 5.01. The summed E-state index contributed by atoms with van der Waals surface area (Å²) in [5, 5.41) is 12.6. The van der Waals surface area contributed by atoms with Gasteiger partial charge in [-0.1, -0.05) is 19.1 Å². The molecule has 0 saturated heterocycles. The Balaban J connectivity index is 2.39. The maximum Gasteiger partial charge on any atom is 0.0731 e. The molecule has 2 N–H and O–H groups in total. The van der Waals surface area contributed by atoms with Crippen molar-refractivity contribution >= 4 is 0 Å². The molecule has 1 aliphatic carbocycles.